The predicted molar refractivity (Wildman–Crippen MR) is 107 cm³/mol. The summed E-state index contributed by atoms with van der Waals surface area (Å²) < 4.78 is 21.5. The van der Waals surface area contributed by atoms with Gasteiger partial charge in [-0.25, -0.2) is 4.39 Å². The van der Waals surface area contributed by atoms with Crippen molar-refractivity contribution in [1.82, 2.24) is 4.57 Å². The van der Waals surface area contributed by atoms with Crippen LogP contribution < -0.4 is 4.80 Å². The smallest absolute Gasteiger partial charge is 0.326 e. The van der Waals surface area contributed by atoms with Crippen LogP contribution in [0.2, 0.25) is 0 Å². The van der Waals surface area contributed by atoms with Gasteiger partial charge in [-0.1, -0.05) is 43.4 Å². The van der Waals surface area contributed by atoms with E-state index in [4.69, 9.17) is 4.74 Å². The van der Waals surface area contributed by atoms with Gasteiger partial charge in [0.1, 0.15) is 12.4 Å². The molecule has 0 bridgehead atoms. The highest BCUT2D eigenvalue weighted by Gasteiger charge is 2.15. The molecule has 1 heterocycles. The van der Waals surface area contributed by atoms with Crippen molar-refractivity contribution in [1.29, 1.82) is 0 Å². The Hall–Kier alpha value is -2.80. The number of amides is 1. The quantitative estimate of drug-likeness (QED) is 0.601. The molecule has 2 aromatic carbocycles. The molecule has 146 valence electrons. The van der Waals surface area contributed by atoms with E-state index < -0.39 is 17.7 Å². The van der Waals surface area contributed by atoms with Crippen molar-refractivity contribution in [2.45, 2.75) is 33.2 Å². The highest BCUT2D eigenvalue weighted by Crippen LogP contribution is 2.24. The van der Waals surface area contributed by atoms with Crippen LogP contribution in [0.5, 0.6) is 0 Å². The lowest BCUT2D eigenvalue weighted by Gasteiger charge is -2.07. The topological polar surface area (TPSA) is 60.7 Å². The molecule has 5 nitrogen and oxygen atoms in total. The third kappa shape index (κ3) is 4.20. The Morgan fingerprint density at radius 2 is 1.96 bits per heavy atom. The van der Waals surface area contributed by atoms with E-state index >= 15 is 0 Å². The number of aromatic nitrogens is 1. The van der Waals surface area contributed by atoms with E-state index in [1.54, 1.807) is 17.6 Å². The molecule has 0 saturated heterocycles. The second-order valence-electron chi connectivity index (χ2n) is 6.55. The fourth-order valence-electron chi connectivity index (χ4n) is 2.80. The minimum Gasteiger partial charge on any atom is -0.465 e. The van der Waals surface area contributed by atoms with Crippen LogP contribution in [0, 0.1) is 5.82 Å². The summed E-state index contributed by atoms with van der Waals surface area (Å²) in [7, 11) is 0. The number of carbonyl (C=O) groups is 2. The first-order chi connectivity index (χ1) is 13.4. The van der Waals surface area contributed by atoms with Crippen LogP contribution in [0.25, 0.3) is 10.2 Å². The van der Waals surface area contributed by atoms with Crippen LogP contribution in [0.1, 0.15) is 42.6 Å². The van der Waals surface area contributed by atoms with Crippen LogP contribution in [0.15, 0.2) is 47.5 Å². The van der Waals surface area contributed by atoms with E-state index in [2.05, 4.69) is 18.8 Å². The zero-order chi connectivity index (χ0) is 20.3. The van der Waals surface area contributed by atoms with E-state index in [1.165, 1.54) is 29.5 Å². The first-order valence-corrected chi connectivity index (χ1v) is 9.84. The fourth-order valence-corrected chi connectivity index (χ4v) is 3.88. The second kappa shape index (κ2) is 8.48. The molecule has 3 aromatic rings. The SMILES string of the molecule is CCOC(=O)Cn1c(=NC(=O)c2ccccc2F)sc2cc(C(C)C)ccc21. The lowest BCUT2D eigenvalue weighted by atomic mass is 10.0. The molecule has 3 rings (SSSR count). The number of esters is 1. The Kier molecular flexibility index (Phi) is 6.04. The summed E-state index contributed by atoms with van der Waals surface area (Å²) in [5, 5.41) is 0. The molecular weight excluding hydrogens is 379 g/mol. The van der Waals surface area contributed by atoms with Crippen molar-refractivity contribution < 1.29 is 18.7 Å². The van der Waals surface area contributed by atoms with Crippen LogP contribution in [0.4, 0.5) is 4.39 Å². The van der Waals surface area contributed by atoms with Crippen molar-refractivity contribution >= 4 is 33.4 Å². The number of ether oxygens (including phenoxy) is 1. The normalized spacial score (nSPS) is 12.0. The third-order valence-corrected chi connectivity index (χ3v) is 5.31. The predicted octanol–water partition coefficient (Wildman–Crippen LogP) is 4.27. The summed E-state index contributed by atoms with van der Waals surface area (Å²) in [6.07, 6.45) is 0. The van der Waals surface area contributed by atoms with Crippen molar-refractivity contribution in [3.63, 3.8) is 0 Å². The van der Waals surface area contributed by atoms with Crippen LogP contribution in [0.3, 0.4) is 0 Å². The maximum absolute atomic E-state index is 13.9. The lowest BCUT2D eigenvalue weighted by Crippen LogP contribution is -2.23. The zero-order valence-corrected chi connectivity index (χ0v) is 16.8. The molecule has 28 heavy (non-hydrogen) atoms. The molecule has 0 fully saturated rings. The molecule has 0 atom stereocenters. The number of carbonyl (C=O) groups excluding carboxylic acids is 2. The van der Waals surface area contributed by atoms with Crippen molar-refractivity contribution in [3.05, 3.63) is 64.2 Å². The van der Waals surface area contributed by atoms with E-state index in [9.17, 15) is 14.0 Å². The molecular formula is C21H21FN2O3S. The van der Waals surface area contributed by atoms with Gasteiger partial charge in [0.05, 0.1) is 22.4 Å². The molecule has 7 heteroatoms. The summed E-state index contributed by atoms with van der Waals surface area (Å²) in [6, 6.07) is 11.6. The molecule has 0 unspecified atom stereocenters. The Morgan fingerprint density at radius 1 is 1.21 bits per heavy atom. The number of hydrogen-bond acceptors (Lipinski definition) is 4. The number of nitrogens with zero attached hydrogens (tertiary/aromatic N) is 2. The highest BCUT2D eigenvalue weighted by atomic mass is 32.1. The minimum atomic E-state index is -0.689. The molecule has 1 amide bonds. The number of fused-ring (bicyclic) bond motifs is 1. The lowest BCUT2D eigenvalue weighted by molar-refractivity contribution is -0.143. The van der Waals surface area contributed by atoms with Gasteiger partial charge >= 0.3 is 5.97 Å². The van der Waals surface area contributed by atoms with Gasteiger partial charge in [0.15, 0.2) is 4.80 Å². The minimum absolute atomic E-state index is 0.0712. The summed E-state index contributed by atoms with van der Waals surface area (Å²) in [5.74, 6) is -1.40. The number of rotatable bonds is 5. The van der Waals surface area contributed by atoms with Gasteiger partial charge in [-0.3, -0.25) is 9.59 Å². The highest BCUT2D eigenvalue weighted by molar-refractivity contribution is 7.16. The van der Waals surface area contributed by atoms with Gasteiger partial charge in [0, 0.05) is 0 Å². The Morgan fingerprint density at radius 3 is 2.64 bits per heavy atom. The second-order valence-corrected chi connectivity index (χ2v) is 7.56. The zero-order valence-electron chi connectivity index (χ0n) is 15.9. The maximum Gasteiger partial charge on any atom is 0.326 e. The molecule has 1 aromatic heterocycles. The summed E-state index contributed by atoms with van der Waals surface area (Å²) in [4.78, 5) is 29.0. The number of halogens is 1. The monoisotopic (exact) mass is 400 g/mol. The number of benzene rings is 2. The summed E-state index contributed by atoms with van der Waals surface area (Å²) >= 11 is 1.29. The number of thiazole rings is 1. The standard InChI is InChI=1S/C21H21FN2O3S/c1-4-27-19(25)12-24-17-10-9-14(13(2)3)11-18(17)28-21(24)23-20(26)15-7-5-6-8-16(15)22/h5-11,13H,4,12H2,1-3H3. The van der Waals surface area contributed by atoms with Crippen molar-refractivity contribution in [2.24, 2.45) is 4.99 Å². The van der Waals surface area contributed by atoms with E-state index in [0.717, 1.165) is 15.8 Å². The third-order valence-electron chi connectivity index (χ3n) is 4.27. The van der Waals surface area contributed by atoms with Gasteiger partial charge in [-0.15, -0.1) is 0 Å². The van der Waals surface area contributed by atoms with Crippen molar-refractivity contribution in [2.75, 3.05) is 6.61 Å². The molecule has 0 aliphatic heterocycles. The largest absolute Gasteiger partial charge is 0.465 e. The fraction of sp³-hybridized carbons (Fsp3) is 0.286. The van der Waals surface area contributed by atoms with Crippen LogP contribution >= 0.6 is 11.3 Å². The average molecular weight is 400 g/mol. The Labute approximate surface area is 166 Å². The van der Waals surface area contributed by atoms with Gasteiger partial charge in [0.25, 0.3) is 5.91 Å². The molecule has 0 N–H and O–H groups in total. The van der Waals surface area contributed by atoms with Gasteiger partial charge < -0.3 is 9.30 Å². The van der Waals surface area contributed by atoms with E-state index in [-0.39, 0.29) is 18.7 Å². The van der Waals surface area contributed by atoms with Crippen LogP contribution in [-0.4, -0.2) is 23.1 Å². The van der Waals surface area contributed by atoms with Gasteiger partial charge in [-0.05, 0) is 42.7 Å². The Balaban J connectivity index is 2.14. The Bertz CT molecular complexity index is 1100. The van der Waals surface area contributed by atoms with Crippen LogP contribution in [-0.2, 0) is 16.1 Å². The molecule has 0 aliphatic rings. The number of hydrogen-bond donors (Lipinski definition) is 0. The average Bonchev–Trinajstić information content (AvgIpc) is 2.98. The summed E-state index contributed by atoms with van der Waals surface area (Å²) in [5.41, 5.74) is 1.82. The molecule has 0 radical (unpaired) electrons. The molecule has 0 saturated carbocycles. The molecule has 0 spiro atoms. The van der Waals surface area contributed by atoms with E-state index in [0.29, 0.717) is 10.7 Å². The maximum atomic E-state index is 13.9. The first kappa shape index (κ1) is 19.9. The van der Waals surface area contributed by atoms with Gasteiger partial charge in [-0.2, -0.15) is 4.99 Å². The van der Waals surface area contributed by atoms with E-state index in [1.807, 2.05) is 18.2 Å². The first-order valence-electron chi connectivity index (χ1n) is 9.03. The molecule has 0 aliphatic carbocycles. The summed E-state index contributed by atoms with van der Waals surface area (Å²) in [6.45, 7) is 6.11. The van der Waals surface area contributed by atoms with Crippen molar-refractivity contribution in [3.8, 4) is 0 Å². The van der Waals surface area contributed by atoms with Gasteiger partial charge in [0.2, 0.25) is 0 Å².